The summed E-state index contributed by atoms with van der Waals surface area (Å²) >= 11 is 0. The molecular formula is C15H21FN2O3. The molecule has 116 valence electrons. The van der Waals surface area contributed by atoms with Crippen LogP contribution in [-0.2, 0) is 4.79 Å². The average molecular weight is 296 g/mol. The Morgan fingerprint density at radius 1 is 1.33 bits per heavy atom. The first-order valence-corrected chi connectivity index (χ1v) is 6.65. The summed E-state index contributed by atoms with van der Waals surface area (Å²) in [5.74, 6) is -1.07. The summed E-state index contributed by atoms with van der Waals surface area (Å²) < 4.78 is 18.3. The summed E-state index contributed by atoms with van der Waals surface area (Å²) in [4.78, 5) is 23.5. The molecule has 0 spiro atoms. The zero-order valence-electron chi connectivity index (χ0n) is 12.5. The van der Waals surface area contributed by atoms with Crippen molar-refractivity contribution in [3.05, 3.63) is 29.6 Å². The van der Waals surface area contributed by atoms with Crippen LogP contribution in [0.5, 0.6) is 5.75 Å². The fourth-order valence-corrected chi connectivity index (χ4v) is 1.63. The smallest absolute Gasteiger partial charge is 0.220 e. The van der Waals surface area contributed by atoms with Gasteiger partial charge in [-0.15, -0.1) is 0 Å². The third kappa shape index (κ3) is 5.91. The molecule has 0 fully saturated rings. The van der Waals surface area contributed by atoms with E-state index in [1.807, 2.05) is 0 Å². The van der Waals surface area contributed by atoms with Gasteiger partial charge in [0.05, 0.1) is 7.11 Å². The largest absolute Gasteiger partial charge is 0.494 e. The van der Waals surface area contributed by atoms with Crippen LogP contribution in [0, 0.1) is 5.82 Å². The fourth-order valence-electron chi connectivity index (χ4n) is 1.63. The van der Waals surface area contributed by atoms with Crippen molar-refractivity contribution in [3.8, 4) is 5.75 Å². The van der Waals surface area contributed by atoms with E-state index >= 15 is 0 Å². The fraction of sp³-hybridized carbons (Fsp3) is 0.467. The highest BCUT2D eigenvalue weighted by Crippen LogP contribution is 2.18. The lowest BCUT2D eigenvalue weighted by atomic mass is 10.1. The minimum absolute atomic E-state index is 0.0165. The van der Waals surface area contributed by atoms with Crippen molar-refractivity contribution in [3.63, 3.8) is 0 Å². The molecule has 5 nitrogen and oxygen atoms in total. The number of carbonyl (C=O) groups is 2. The number of amides is 1. The molecule has 0 aromatic heterocycles. The number of ether oxygens (including phenoxy) is 1. The molecule has 1 rings (SSSR count). The van der Waals surface area contributed by atoms with E-state index in [0.29, 0.717) is 6.54 Å². The minimum Gasteiger partial charge on any atom is -0.494 e. The topological polar surface area (TPSA) is 81.4 Å². The molecule has 0 aliphatic rings. The number of halogens is 1. The lowest BCUT2D eigenvalue weighted by Gasteiger charge is -2.18. The van der Waals surface area contributed by atoms with Crippen molar-refractivity contribution in [2.75, 3.05) is 13.7 Å². The Kier molecular flexibility index (Phi) is 5.84. The molecule has 0 radical (unpaired) electrons. The third-order valence-electron chi connectivity index (χ3n) is 2.79. The van der Waals surface area contributed by atoms with Gasteiger partial charge >= 0.3 is 0 Å². The zero-order valence-corrected chi connectivity index (χ0v) is 12.5. The molecule has 0 aliphatic heterocycles. The molecule has 0 saturated heterocycles. The number of hydrogen-bond donors (Lipinski definition) is 2. The number of benzene rings is 1. The van der Waals surface area contributed by atoms with Gasteiger partial charge in [-0.05, 0) is 32.0 Å². The highest BCUT2D eigenvalue weighted by Gasteiger charge is 2.14. The molecule has 0 unspecified atom stereocenters. The van der Waals surface area contributed by atoms with Gasteiger partial charge in [-0.25, -0.2) is 4.39 Å². The van der Waals surface area contributed by atoms with Crippen LogP contribution < -0.4 is 15.8 Å². The van der Waals surface area contributed by atoms with Crippen LogP contribution in [0.3, 0.4) is 0 Å². The number of nitrogens with one attached hydrogen (secondary N) is 1. The number of Topliss-reactive ketones (excluding diaryl/α,β-unsaturated/α-hetero) is 1. The van der Waals surface area contributed by atoms with Gasteiger partial charge in [0.25, 0.3) is 0 Å². The van der Waals surface area contributed by atoms with Gasteiger partial charge in [0.2, 0.25) is 5.91 Å². The Morgan fingerprint density at radius 2 is 2.00 bits per heavy atom. The number of carbonyl (C=O) groups excluding carboxylic acids is 2. The van der Waals surface area contributed by atoms with E-state index in [4.69, 9.17) is 10.5 Å². The predicted octanol–water partition coefficient (Wildman–Crippen LogP) is 1.65. The summed E-state index contributed by atoms with van der Waals surface area (Å²) in [6.45, 7) is 3.91. The molecule has 0 atom stereocenters. The lowest BCUT2D eigenvalue weighted by Crippen LogP contribution is -2.45. The van der Waals surface area contributed by atoms with Crippen LogP contribution in [0.4, 0.5) is 4.39 Å². The quantitative estimate of drug-likeness (QED) is 0.750. The second-order valence-electron chi connectivity index (χ2n) is 5.54. The van der Waals surface area contributed by atoms with Gasteiger partial charge in [-0.1, -0.05) is 0 Å². The van der Waals surface area contributed by atoms with Crippen LogP contribution in [-0.4, -0.2) is 30.9 Å². The number of hydrogen-bond acceptors (Lipinski definition) is 4. The first-order chi connectivity index (χ1) is 9.73. The van der Waals surface area contributed by atoms with E-state index < -0.39 is 11.4 Å². The van der Waals surface area contributed by atoms with Gasteiger partial charge < -0.3 is 15.8 Å². The molecular weight excluding hydrogens is 275 g/mol. The molecule has 1 amide bonds. The van der Waals surface area contributed by atoms with Crippen molar-refractivity contribution in [2.45, 2.75) is 32.2 Å². The van der Waals surface area contributed by atoms with E-state index in [1.165, 1.54) is 19.2 Å². The number of methoxy groups -OCH3 is 1. The minimum atomic E-state index is -0.599. The van der Waals surface area contributed by atoms with Gasteiger partial charge in [0.15, 0.2) is 17.3 Å². The van der Waals surface area contributed by atoms with E-state index in [2.05, 4.69) is 5.32 Å². The van der Waals surface area contributed by atoms with E-state index in [-0.39, 0.29) is 35.8 Å². The Labute approximate surface area is 123 Å². The molecule has 1 aromatic rings. The lowest BCUT2D eigenvalue weighted by molar-refractivity contribution is -0.121. The monoisotopic (exact) mass is 296 g/mol. The summed E-state index contributed by atoms with van der Waals surface area (Å²) in [6.07, 6.45) is 0.0607. The van der Waals surface area contributed by atoms with Crippen LogP contribution in [0.25, 0.3) is 0 Å². The molecule has 21 heavy (non-hydrogen) atoms. The van der Waals surface area contributed by atoms with Crippen molar-refractivity contribution < 1.29 is 18.7 Å². The van der Waals surface area contributed by atoms with Crippen molar-refractivity contribution in [1.29, 1.82) is 0 Å². The molecule has 6 heteroatoms. The van der Waals surface area contributed by atoms with Crippen LogP contribution in [0.2, 0.25) is 0 Å². The van der Waals surface area contributed by atoms with Gasteiger partial charge in [0, 0.05) is 30.5 Å². The molecule has 1 aromatic carbocycles. The second kappa shape index (κ2) is 7.17. The highest BCUT2D eigenvalue weighted by atomic mass is 19.1. The van der Waals surface area contributed by atoms with Crippen molar-refractivity contribution >= 4 is 11.7 Å². The van der Waals surface area contributed by atoms with Gasteiger partial charge in [0.1, 0.15) is 0 Å². The molecule has 3 N–H and O–H groups in total. The SMILES string of the molecule is COc1ccc(C(=O)CCC(=O)NCC(C)(C)N)cc1F. The summed E-state index contributed by atoms with van der Waals surface area (Å²) in [6, 6.07) is 3.98. The average Bonchev–Trinajstić information content (AvgIpc) is 2.41. The van der Waals surface area contributed by atoms with Crippen LogP contribution in [0.15, 0.2) is 18.2 Å². The Balaban J connectivity index is 2.50. The maximum atomic E-state index is 13.5. The van der Waals surface area contributed by atoms with E-state index in [0.717, 1.165) is 6.07 Å². The normalized spacial score (nSPS) is 11.1. The van der Waals surface area contributed by atoms with Crippen LogP contribution in [0.1, 0.15) is 37.0 Å². The summed E-state index contributed by atoms with van der Waals surface area (Å²) in [7, 11) is 1.35. The highest BCUT2D eigenvalue weighted by molar-refractivity contribution is 5.98. The van der Waals surface area contributed by atoms with Crippen molar-refractivity contribution in [1.82, 2.24) is 5.32 Å². The maximum Gasteiger partial charge on any atom is 0.220 e. The Bertz CT molecular complexity index is 524. The van der Waals surface area contributed by atoms with Crippen molar-refractivity contribution in [2.24, 2.45) is 5.73 Å². The van der Waals surface area contributed by atoms with E-state index in [9.17, 15) is 14.0 Å². The van der Waals surface area contributed by atoms with Gasteiger partial charge in [-0.2, -0.15) is 0 Å². The first kappa shape index (κ1) is 17.1. The summed E-state index contributed by atoms with van der Waals surface area (Å²) in [5.41, 5.74) is 5.46. The number of nitrogens with two attached hydrogens (primary N) is 1. The molecule has 0 heterocycles. The first-order valence-electron chi connectivity index (χ1n) is 6.65. The predicted molar refractivity (Wildman–Crippen MR) is 77.8 cm³/mol. The second-order valence-corrected chi connectivity index (χ2v) is 5.54. The Morgan fingerprint density at radius 3 is 2.52 bits per heavy atom. The van der Waals surface area contributed by atoms with E-state index in [1.54, 1.807) is 13.8 Å². The number of ketones is 1. The van der Waals surface area contributed by atoms with Gasteiger partial charge in [-0.3, -0.25) is 9.59 Å². The molecule has 0 saturated carbocycles. The molecule has 0 aliphatic carbocycles. The maximum absolute atomic E-state index is 13.5. The van der Waals surface area contributed by atoms with Crippen LogP contribution >= 0.6 is 0 Å². The standard InChI is InChI=1S/C15H21FN2O3/c1-15(2,17)9-18-14(20)7-5-12(19)10-4-6-13(21-3)11(16)8-10/h4,6,8H,5,7,9,17H2,1-3H3,(H,18,20). The zero-order chi connectivity index (χ0) is 16.0. The summed E-state index contributed by atoms with van der Waals surface area (Å²) in [5, 5.41) is 2.65. The Hall–Kier alpha value is -1.95. The molecule has 0 bridgehead atoms. The third-order valence-corrected chi connectivity index (χ3v) is 2.79. The number of rotatable bonds is 7.